The van der Waals surface area contributed by atoms with Crippen LogP contribution < -0.4 is 0 Å². The predicted molar refractivity (Wildman–Crippen MR) is 67.6 cm³/mol. The summed E-state index contributed by atoms with van der Waals surface area (Å²) < 4.78 is 14.6. The number of aromatic nitrogens is 2. The number of hydrogen-bond acceptors (Lipinski definition) is 2. The standard InChI is InChI=1S/C11H7Br2FN2/c1-6-4-10(13)16-11(15-6)8-5-7(14)2-3-9(8)12/h2-5H,1H3. The van der Waals surface area contributed by atoms with Gasteiger partial charge in [-0.1, -0.05) is 15.9 Å². The van der Waals surface area contributed by atoms with Crippen LogP contribution in [0.3, 0.4) is 0 Å². The first-order valence-electron chi connectivity index (χ1n) is 4.53. The molecule has 0 spiro atoms. The maximum atomic E-state index is 13.1. The van der Waals surface area contributed by atoms with E-state index in [0.29, 0.717) is 16.0 Å². The molecule has 0 amide bonds. The van der Waals surface area contributed by atoms with E-state index in [-0.39, 0.29) is 5.82 Å². The summed E-state index contributed by atoms with van der Waals surface area (Å²) in [4.78, 5) is 8.48. The van der Waals surface area contributed by atoms with Gasteiger partial charge in [-0.15, -0.1) is 0 Å². The zero-order chi connectivity index (χ0) is 11.7. The smallest absolute Gasteiger partial charge is 0.161 e. The Morgan fingerprint density at radius 3 is 2.56 bits per heavy atom. The average molecular weight is 346 g/mol. The third kappa shape index (κ3) is 2.47. The van der Waals surface area contributed by atoms with Crippen molar-refractivity contribution in [1.82, 2.24) is 9.97 Å². The van der Waals surface area contributed by atoms with Gasteiger partial charge >= 0.3 is 0 Å². The Morgan fingerprint density at radius 1 is 1.12 bits per heavy atom. The van der Waals surface area contributed by atoms with Gasteiger partial charge in [-0.3, -0.25) is 0 Å². The molecule has 1 heterocycles. The number of nitrogens with zero attached hydrogens (tertiary/aromatic N) is 2. The van der Waals surface area contributed by atoms with Gasteiger partial charge in [-0.2, -0.15) is 0 Å². The largest absolute Gasteiger partial charge is 0.233 e. The molecule has 1 aromatic carbocycles. The Hall–Kier alpha value is -0.810. The number of aryl methyl sites for hydroxylation is 1. The van der Waals surface area contributed by atoms with Gasteiger partial charge in [0.25, 0.3) is 0 Å². The molecule has 82 valence electrons. The summed E-state index contributed by atoms with van der Waals surface area (Å²) in [7, 11) is 0. The van der Waals surface area contributed by atoms with Gasteiger partial charge in [0, 0.05) is 15.7 Å². The monoisotopic (exact) mass is 344 g/mol. The maximum Gasteiger partial charge on any atom is 0.161 e. The van der Waals surface area contributed by atoms with Crippen molar-refractivity contribution < 1.29 is 4.39 Å². The van der Waals surface area contributed by atoms with Gasteiger partial charge < -0.3 is 0 Å². The minimum Gasteiger partial charge on any atom is -0.233 e. The topological polar surface area (TPSA) is 25.8 Å². The first kappa shape index (κ1) is 11.7. The predicted octanol–water partition coefficient (Wildman–Crippen LogP) is 4.12. The van der Waals surface area contributed by atoms with Gasteiger partial charge in [-0.25, -0.2) is 14.4 Å². The van der Waals surface area contributed by atoms with E-state index in [1.807, 2.05) is 6.92 Å². The van der Waals surface area contributed by atoms with Crippen LogP contribution in [0.1, 0.15) is 5.69 Å². The summed E-state index contributed by atoms with van der Waals surface area (Å²) in [6.45, 7) is 1.86. The van der Waals surface area contributed by atoms with Gasteiger partial charge in [-0.05, 0) is 47.1 Å². The maximum absolute atomic E-state index is 13.1. The van der Waals surface area contributed by atoms with E-state index < -0.39 is 0 Å². The van der Waals surface area contributed by atoms with Crippen molar-refractivity contribution >= 4 is 31.9 Å². The van der Waals surface area contributed by atoms with Crippen LogP contribution in [-0.4, -0.2) is 9.97 Å². The highest BCUT2D eigenvalue weighted by molar-refractivity contribution is 9.10. The van der Waals surface area contributed by atoms with Crippen LogP contribution in [0.25, 0.3) is 11.4 Å². The minimum atomic E-state index is -0.306. The lowest BCUT2D eigenvalue weighted by Gasteiger charge is -2.05. The van der Waals surface area contributed by atoms with Crippen LogP contribution in [-0.2, 0) is 0 Å². The summed E-state index contributed by atoms with van der Waals surface area (Å²) in [5.41, 5.74) is 1.47. The Morgan fingerprint density at radius 2 is 1.88 bits per heavy atom. The minimum absolute atomic E-state index is 0.306. The van der Waals surface area contributed by atoms with Crippen LogP contribution in [0.2, 0.25) is 0 Å². The van der Waals surface area contributed by atoms with Gasteiger partial charge in [0.2, 0.25) is 0 Å². The lowest BCUT2D eigenvalue weighted by molar-refractivity contribution is 0.628. The van der Waals surface area contributed by atoms with Crippen molar-refractivity contribution in [3.63, 3.8) is 0 Å². The van der Waals surface area contributed by atoms with E-state index >= 15 is 0 Å². The summed E-state index contributed by atoms with van der Waals surface area (Å²) in [6.07, 6.45) is 0. The zero-order valence-corrected chi connectivity index (χ0v) is 11.5. The molecule has 0 saturated heterocycles. The Labute approximate surface area is 109 Å². The molecule has 0 aliphatic carbocycles. The van der Waals surface area contributed by atoms with Crippen LogP contribution in [0.15, 0.2) is 33.3 Å². The SMILES string of the molecule is Cc1cc(Br)nc(-c2cc(F)ccc2Br)n1. The molecule has 5 heteroatoms. The van der Waals surface area contributed by atoms with E-state index in [0.717, 1.165) is 10.2 Å². The Kier molecular flexibility index (Phi) is 3.35. The van der Waals surface area contributed by atoms with E-state index in [1.165, 1.54) is 12.1 Å². The molecule has 0 fully saturated rings. The summed E-state index contributed by atoms with van der Waals surface area (Å²) in [5.74, 6) is 0.192. The highest BCUT2D eigenvalue weighted by atomic mass is 79.9. The summed E-state index contributed by atoms with van der Waals surface area (Å²) >= 11 is 6.65. The number of hydrogen-bond donors (Lipinski definition) is 0. The lowest BCUT2D eigenvalue weighted by Crippen LogP contribution is -1.93. The van der Waals surface area contributed by atoms with Crippen molar-refractivity contribution in [2.24, 2.45) is 0 Å². The second-order valence-corrected chi connectivity index (χ2v) is 4.95. The second kappa shape index (κ2) is 4.59. The highest BCUT2D eigenvalue weighted by Gasteiger charge is 2.09. The molecule has 2 aromatic rings. The van der Waals surface area contributed by atoms with E-state index in [2.05, 4.69) is 41.8 Å². The van der Waals surface area contributed by atoms with Crippen molar-refractivity contribution in [2.45, 2.75) is 6.92 Å². The fraction of sp³-hybridized carbons (Fsp3) is 0.0909. The molecule has 0 aliphatic heterocycles. The van der Waals surface area contributed by atoms with Gasteiger partial charge in [0.05, 0.1) is 0 Å². The molecular formula is C11H7Br2FN2. The quantitative estimate of drug-likeness (QED) is 0.727. The van der Waals surface area contributed by atoms with Crippen LogP contribution in [0.5, 0.6) is 0 Å². The van der Waals surface area contributed by atoms with Crippen LogP contribution in [0.4, 0.5) is 4.39 Å². The van der Waals surface area contributed by atoms with Crippen LogP contribution in [0, 0.1) is 12.7 Å². The third-order valence-corrected chi connectivity index (χ3v) is 3.09. The summed E-state index contributed by atoms with van der Waals surface area (Å²) in [5, 5.41) is 0. The van der Waals surface area contributed by atoms with Gasteiger partial charge in [0.1, 0.15) is 10.4 Å². The highest BCUT2D eigenvalue weighted by Crippen LogP contribution is 2.27. The molecule has 0 N–H and O–H groups in total. The van der Waals surface area contributed by atoms with E-state index in [1.54, 1.807) is 12.1 Å². The Balaban J connectivity index is 2.62. The lowest BCUT2D eigenvalue weighted by atomic mass is 10.2. The van der Waals surface area contributed by atoms with Crippen LogP contribution >= 0.6 is 31.9 Å². The molecule has 0 saturated carbocycles. The van der Waals surface area contributed by atoms with Crippen molar-refractivity contribution in [3.8, 4) is 11.4 Å². The molecule has 0 bridgehead atoms. The first-order chi connectivity index (χ1) is 7.56. The molecule has 0 aliphatic rings. The zero-order valence-electron chi connectivity index (χ0n) is 8.34. The molecular weight excluding hydrogens is 339 g/mol. The number of halogens is 3. The molecule has 1 aromatic heterocycles. The first-order valence-corrected chi connectivity index (χ1v) is 6.11. The molecule has 0 radical (unpaired) electrons. The molecule has 0 atom stereocenters. The Bertz CT molecular complexity index is 523. The average Bonchev–Trinajstić information content (AvgIpc) is 2.20. The fourth-order valence-corrected chi connectivity index (χ4v) is 2.24. The third-order valence-electron chi connectivity index (χ3n) is 1.99. The van der Waals surface area contributed by atoms with Crippen molar-refractivity contribution in [3.05, 3.63) is 44.9 Å². The molecule has 2 nitrogen and oxygen atoms in total. The fourth-order valence-electron chi connectivity index (χ4n) is 1.32. The van der Waals surface area contributed by atoms with E-state index in [9.17, 15) is 4.39 Å². The molecule has 0 unspecified atom stereocenters. The van der Waals surface area contributed by atoms with Crippen molar-refractivity contribution in [1.29, 1.82) is 0 Å². The number of rotatable bonds is 1. The molecule has 2 rings (SSSR count). The number of benzene rings is 1. The second-order valence-electron chi connectivity index (χ2n) is 3.28. The summed E-state index contributed by atoms with van der Waals surface area (Å²) in [6, 6.07) is 6.24. The van der Waals surface area contributed by atoms with Gasteiger partial charge in [0.15, 0.2) is 5.82 Å². The van der Waals surface area contributed by atoms with Crippen molar-refractivity contribution in [2.75, 3.05) is 0 Å². The van der Waals surface area contributed by atoms with E-state index in [4.69, 9.17) is 0 Å². The molecule has 16 heavy (non-hydrogen) atoms. The normalized spacial score (nSPS) is 10.5.